The maximum absolute atomic E-state index is 12.9. The number of anilines is 1. The maximum Gasteiger partial charge on any atom is 0.409 e. The summed E-state index contributed by atoms with van der Waals surface area (Å²) in [6.45, 7) is 0.751. The molecule has 0 saturated carbocycles. The lowest BCUT2D eigenvalue weighted by molar-refractivity contribution is 0.0600. The average molecular weight is 424 g/mol. The molecule has 0 radical (unpaired) electrons. The van der Waals surface area contributed by atoms with Crippen LogP contribution in [0.2, 0.25) is 0 Å². The van der Waals surface area contributed by atoms with Gasteiger partial charge >= 0.3 is 12.1 Å². The number of carbonyl (C=O) groups is 3. The minimum absolute atomic E-state index is 0.311. The molecule has 0 spiro atoms. The highest BCUT2D eigenvalue weighted by Crippen LogP contribution is 2.38. The van der Waals surface area contributed by atoms with Gasteiger partial charge in [-0.3, -0.25) is 4.79 Å². The van der Waals surface area contributed by atoms with E-state index < -0.39 is 12.1 Å². The Morgan fingerprint density at radius 1 is 1.03 bits per heavy atom. The molecule has 0 unspecified atom stereocenters. The van der Waals surface area contributed by atoms with Crippen LogP contribution in [0.5, 0.6) is 0 Å². The van der Waals surface area contributed by atoms with Crippen LogP contribution in [-0.2, 0) is 22.4 Å². The molecule has 4 rings (SSSR count). The first-order chi connectivity index (χ1) is 14.5. The fourth-order valence-electron chi connectivity index (χ4n) is 3.60. The molecule has 30 heavy (non-hydrogen) atoms. The van der Waals surface area contributed by atoms with Crippen molar-refractivity contribution in [3.63, 3.8) is 0 Å². The zero-order valence-electron chi connectivity index (χ0n) is 16.6. The smallest absolute Gasteiger partial charge is 0.409 e. The van der Waals surface area contributed by atoms with Gasteiger partial charge in [0.2, 0.25) is 0 Å². The van der Waals surface area contributed by atoms with Gasteiger partial charge in [-0.1, -0.05) is 30.3 Å². The number of esters is 1. The van der Waals surface area contributed by atoms with Gasteiger partial charge in [-0.25, -0.2) is 9.59 Å². The Balaban J connectivity index is 1.66. The zero-order valence-corrected chi connectivity index (χ0v) is 17.4. The molecule has 0 fully saturated rings. The molecule has 3 aromatic rings. The number of rotatable bonds is 3. The van der Waals surface area contributed by atoms with Crippen molar-refractivity contribution in [3.8, 4) is 0 Å². The van der Waals surface area contributed by atoms with Crippen molar-refractivity contribution in [2.24, 2.45) is 0 Å². The van der Waals surface area contributed by atoms with E-state index in [1.807, 2.05) is 36.4 Å². The van der Waals surface area contributed by atoms with Crippen molar-refractivity contribution in [2.75, 3.05) is 26.1 Å². The molecular formula is C22H20N2O5S. The number of hydrogen-bond donors (Lipinski definition) is 1. The second kappa shape index (κ2) is 8.16. The zero-order chi connectivity index (χ0) is 21.3. The Labute approximate surface area is 177 Å². The first-order valence-corrected chi connectivity index (χ1v) is 10.2. The molecule has 0 aliphatic carbocycles. The number of amides is 2. The summed E-state index contributed by atoms with van der Waals surface area (Å²) in [7, 11) is 2.65. The highest BCUT2D eigenvalue weighted by Gasteiger charge is 2.31. The molecule has 1 aliphatic heterocycles. The van der Waals surface area contributed by atoms with Gasteiger partial charge in [0.25, 0.3) is 5.91 Å². The summed E-state index contributed by atoms with van der Waals surface area (Å²) < 4.78 is 9.75. The SMILES string of the molecule is COC(=O)c1c(NC(=O)c2ccc3ccccc3c2)sc2c1CCN(C(=O)OC)C2. The number of carbonyl (C=O) groups excluding carboxylic acids is 3. The summed E-state index contributed by atoms with van der Waals surface area (Å²) in [4.78, 5) is 39.6. The molecular weight excluding hydrogens is 404 g/mol. The van der Waals surface area contributed by atoms with Crippen LogP contribution in [-0.4, -0.2) is 43.6 Å². The van der Waals surface area contributed by atoms with E-state index in [-0.39, 0.29) is 5.91 Å². The molecule has 2 amide bonds. The minimum atomic E-state index is -0.507. The van der Waals surface area contributed by atoms with Crippen LogP contribution in [0.4, 0.5) is 9.80 Å². The van der Waals surface area contributed by atoms with Gasteiger partial charge in [-0.15, -0.1) is 11.3 Å². The van der Waals surface area contributed by atoms with E-state index >= 15 is 0 Å². The lowest BCUT2D eigenvalue weighted by atomic mass is 10.0. The van der Waals surface area contributed by atoms with Gasteiger partial charge in [-0.2, -0.15) is 0 Å². The van der Waals surface area contributed by atoms with Crippen LogP contribution in [0.1, 0.15) is 31.2 Å². The molecule has 0 bridgehead atoms. The number of nitrogens with zero attached hydrogens (tertiary/aromatic N) is 1. The number of benzene rings is 2. The number of fused-ring (bicyclic) bond motifs is 2. The number of nitrogens with one attached hydrogen (secondary N) is 1. The number of methoxy groups -OCH3 is 2. The lowest BCUT2D eigenvalue weighted by Crippen LogP contribution is -2.35. The first-order valence-electron chi connectivity index (χ1n) is 9.37. The van der Waals surface area contributed by atoms with Crippen molar-refractivity contribution < 1.29 is 23.9 Å². The van der Waals surface area contributed by atoms with Crippen LogP contribution in [0, 0.1) is 0 Å². The Morgan fingerprint density at radius 2 is 1.80 bits per heavy atom. The van der Waals surface area contributed by atoms with Crippen molar-refractivity contribution in [3.05, 3.63) is 64.0 Å². The quantitative estimate of drug-likeness (QED) is 0.641. The number of hydrogen-bond acceptors (Lipinski definition) is 6. The summed E-state index contributed by atoms with van der Waals surface area (Å²) >= 11 is 1.28. The molecule has 8 heteroatoms. The van der Waals surface area contributed by atoms with E-state index in [1.54, 1.807) is 11.0 Å². The molecule has 0 saturated heterocycles. The Hall–Kier alpha value is -3.39. The van der Waals surface area contributed by atoms with Gasteiger partial charge in [0, 0.05) is 17.0 Å². The standard InChI is InChI=1S/C22H20N2O5S/c1-28-21(26)18-16-9-10-24(22(27)29-2)12-17(16)30-20(18)23-19(25)15-8-7-13-5-3-4-6-14(13)11-15/h3-8,11H,9-10,12H2,1-2H3,(H,23,25). The molecule has 1 aromatic heterocycles. The summed E-state index contributed by atoms with van der Waals surface area (Å²) in [5.41, 5.74) is 1.66. The predicted molar refractivity (Wildman–Crippen MR) is 114 cm³/mol. The lowest BCUT2D eigenvalue weighted by Gasteiger charge is -2.25. The first kappa shape index (κ1) is 19.9. The second-order valence-corrected chi connectivity index (χ2v) is 7.96. The van der Waals surface area contributed by atoms with Crippen LogP contribution >= 0.6 is 11.3 Å². The van der Waals surface area contributed by atoms with Crippen molar-refractivity contribution in [2.45, 2.75) is 13.0 Å². The minimum Gasteiger partial charge on any atom is -0.465 e. The van der Waals surface area contributed by atoms with Crippen LogP contribution in [0.3, 0.4) is 0 Å². The molecule has 1 N–H and O–H groups in total. The third-order valence-corrected chi connectivity index (χ3v) is 6.25. The monoisotopic (exact) mass is 424 g/mol. The predicted octanol–water partition coefficient (Wildman–Crippen LogP) is 4.06. The largest absolute Gasteiger partial charge is 0.465 e. The average Bonchev–Trinajstić information content (AvgIpc) is 3.14. The molecule has 1 aliphatic rings. The van der Waals surface area contributed by atoms with E-state index in [2.05, 4.69) is 5.32 Å². The van der Waals surface area contributed by atoms with E-state index in [1.165, 1.54) is 25.6 Å². The Morgan fingerprint density at radius 3 is 2.53 bits per heavy atom. The summed E-state index contributed by atoms with van der Waals surface area (Å²) in [5.74, 6) is -0.817. The third-order valence-electron chi connectivity index (χ3n) is 5.12. The Bertz CT molecular complexity index is 1150. The number of ether oxygens (including phenoxy) is 2. The van der Waals surface area contributed by atoms with Crippen LogP contribution in [0.25, 0.3) is 10.8 Å². The molecule has 154 valence electrons. The van der Waals surface area contributed by atoms with Crippen LogP contribution in [0.15, 0.2) is 42.5 Å². The van der Waals surface area contributed by atoms with Crippen molar-refractivity contribution in [1.82, 2.24) is 4.90 Å². The van der Waals surface area contributed by atoms with Gasteiger partial charge in [-0.05, 0) is 34.9 Å². The van der Waals surface area contributed by atoms with Gasteiger partial charge < -0.3 is 19.7 Å². The second-order valence-electron chi connectivity index (χ2n) is 6.86. The fourth-order valence-corrected chi connectivity index (χ4v) is 4.85. The van der Waals surface area contributed by atoms with E-state index in [9.17, 15) is 14.4 Å². The number of thiophene rings is 1. The highest BCUT2D eigenvalue weighted by atomic mass is 32.1. The topological polar surface area (TPSA) is 84.9 Å². The fraction of sp³-hybridized carbons (Fsp3) is 0.227. The molecule has 0 atom stereocenters. The van der Waals surface area contributed by atoms with Crippen molar-refractivity contribution >= 4 is 45.1 Å². The summed E-state index contributed by atoms with van der Waals surface area (Å²) in [6.07, 6.45) is 0.0624. The van der Waals surface area contributed by atoms with E-state index in [4.69, 9.17) is 9.47 Å². The van der Waals surface area contributed by atoms with Gasteiger partial charge in [0.15, 0.2) is 0 Å². The van der Waals surface area contributed by atoms with Gasteiger partial charge in [0.1, 0.15) is 5.00 Å². The molecule has 2 heterocycles. The third kappa shape index (κ3) is 3.61. The maximum atomic E-state index is 12.9. The van der Waals surface area contributed by atoms with E-state index in [0.29, 0.717) is 35.6 Å². The molecule has 2 aromatic carbocycles. The normalized spacial score (nSPS) is 12.9. The van der Waals surface area contributed by atoms with E-state index in [0.717, 1.165) is 21.2 Å². The van der Waals surface area contributed by atoms with Gasteiger partial charge in [0.05, 0.1) is 26.3 Å². The Kier molecular flexibility index (Phi) is 5.41. The summed E-state index contributed by atoms with van der Waals surface area (Å²) in [5, 5.41) is 5.29. The molecule has 7 nitrogen and oxygen atoms in total. The summed E-state index contributed by atoms with van der Waals surface area (Å²) in [6, 6.07) is 13.2. The van der Waals surface area contributed by atoms with Crippen molar-refractivity contribution in [1.29, 1.82) is 0 Å². The highest BCUT2D eigenvalue weighted by molar-refractivity contribution is 7.17. The van der Waals surface area contributed by atoms with Crippen LogP contribution < -0.4 is 5.32 Å².